The van der Waals surface area contributed by atoms with Crippen molar-refractivity contribution in [2.24, 2.45) is 11.8 Å². The van der Waals surface area contributed by atoms with Crippen molar-refractivity contribution in [3.63, 3.8) is 0 Å². The molecule has 1 unspecified atom stereocenters. The van der Waals surface area contributed by atoms with Crippen LogP contribution < -0.4 is 5.32 Å². The molecule has 4 rings (SSSR count). The molecular weight excluding hydrogens is 412 g/mol. The molecule has 1 aliphatic rings. The monoisotopic (exact) mass is 440 g/mol. The van der Waals surface area contributed by atoms with E-state index in [4.69, 9.17) is 11.6 Å². The van der Waals surface area contributed by atoms with Gasteiger partial charge >= 0.3 is 0 Å². The number of hydrogen-bond acceptors (Lipinski definition) is 5. The van der Waals surface area contributed by atoms with Gasteiger partial charge in [-0.2, -0.15) is 5.10 Å². The molecule has 0 bridgehead atoms. The predicted molar refractivity (Wildman–Crippen MR) is 124 cm³/mol. The summed E-state index contributed by atoms with van der Waals surface area (Å²) < 4.78 is 1.70. The van der Waals surface area contributed by atoms with E-state index in [0.717, 1.165) is 34.7 Å². The molecule has 7 heteroatoms. The highest BCUT2D eigenvalue weighted by atomic mass is 35.5. The van der Waals surface area contributed by atoms with Crippen LogP contribution in [0.5, 0.6) is 0 Å². The molecule has 31 heavy (non-hydrogen) atoms. The second-order valence-corrected chi connectivity index (χ2v) is 9.79. The van der Waals surface area contributed by atoms with E-state index in [-0.39, 0.29) is 11.7 Å². The number of ketones is 1. The van der Waals surface area contributed by atoms with E-state index < -0.39 is 5.60 Å². The van der Waals surface area contributed by atoms with Gasteiger partial charge in [0.05, 0.1) is 23.2 Å². The summed E-state index contributed by atoms with van der Waals surface area (Å²) >= 11 is 6.26. The molecule has 0 radical (unpaired) electrons. The smallest absolute Gasteiger partial charge is 0.177 e. The van der Waals surface area contributed by atoms with E-state index >= 15 is 0 Å². The maximum Gasteiger partial charge on any atom is 0.177 e. The minimum Gasteiger partial charge on any atom is -0.389 e. The number of rotatable bonds is 8. The number of aliphatic hydroxyl groups is 1. The first-order chi connectivity index (χ1) is 14.6. The lowest BCUT2D eigenvalue weighted by atomic mass is 9.91. The maximum absolute atomic E-state index is 12.9. The Labute approximate surface area is 187 Å². The maximum atomic E-state index is 12.9. The van der Waals surface area contributed by atoms with Gasteiger partial charge in [-0.3, -0.25) is 4.79 Å². The van der Waals surface area contributed by atoms with Crippen LogP contribution in [0.1, 0.15) is 56.0 Å². The third kappa shape index (κ3) is 4.91. The molecule has 2 N–H and O–H groups in total. The van der Waals surface area contributed by atoms with Gasteiger partial charge in [-0.15, -0.1) is 0 Å². The van der Waals surface area contributed by atoms with Gasteiger partial charge in [0.15, 0.2) is 16.6 Å². The Morgan fingerprint density at radius 2 is 2.10 bits per heavy atom. The molecule has 0 amide bonds. The number of carbonyl (C=O) groups excluding carboxylic acids is 1. The van der Waals surface area contributed by atoms with E-state index in [1.165, 1.54) is 12.8 Å². The van der Waals surface area contributed by atoms with Crippen LogP contribution >= 0.6 is 11.6 Å². The minimum absolute atomic E-state index is 0.0535. The number of nitrogens with one attached hydrogen (secondary N) is 1. The third-order valence-corrected chi connectivity index (χ3v) is 5.95. The van der Waals surface area contributed by atoms with Crippen LogP contribution in [-0.4, -0.2) is 37.6 Å². The quantitative estimate of drug-likeness (QED) is 0.473. The summed E-state index contributed by atoms with van der Waals surface area (Å²) in [7, 11) is 0. The summed E-state index contributed by atoms with van der Waals surface area (Å²) in [5, 5.41) is 18.0. The summed E-state index contributed by atoms with van der Waals surface area (Å²) in [5.74, 6) is 0.998. The molecular formula is C24H29ClN4O2. The number of benzene rings is 1. The van der Waals surface area contributed by atoms with Gasteiger partial charge in [-0.25, -0.2) is 9.50 Å². The molecule has 3 aromatic rings. The number of nitrogens with zero attached hydrogens (tertiary/aromatic N) is 3. The molecule has 0 aliphatic heterocycles. The molecule has 0 spiro atoms. The van der Waals surface area contributed by atoms with Crippen molar-refractivity contribution in [2.45, 2.75) is 52.6 Å². The summed E-state index contributed by atoms with van der Waals surface area (Å²) in [4.78, 5) is 17.4. The van der Waals surface area contributed by atoms with Crippen molar-refractivity contribution in [1.29, 1.82) is 0 Å². The second-order valence-electron chi connectivity index (χ2n) is 9.40. The Balaban J connectivity index is 1.65. The molecule has 0 saturated heterocycles. The molecule has 1 aliphatic carbocycles. The van der Waals surface area contributed by atoms with Crippen LogP contribution in [0, 0.1) is 18.8 Å². The van der Waals surface area contributed by atoms with Crippen molar-refractivity contribution in [3.8, 4) is 11.3 Å². The third-order valence-electron chi connectivity index (χ3n) is 5.77. The zero-order chi connectivity index (χ0) is 22.3. The number of halogens is 1. The normalized spacial score (nSPS) is 15.3. The number of aryl methyl sites for hydroxylation is 1. The first-order valence-electron chi connectivity index (χ1n) is 10.8. The Bertz CT molecular complexity index is 1130. The lowest BCUT2D eigenvalue weighted by Gasteiger charge is -2.18. The zero-order valence-corrected chi connectivity index (χ0v) is 19.2. The molecule has 2 heterocycles. The van der Waals surface area contributed by atoms with Gasteiger partial charge in [0.1, 0.15) is 0 Å². The Hall–Kier alpha value is -2.44. The van der Waals surface area contributed by atoms with Crippen LogP contribution in [0.3, 0.4) is 0 Å². The molecule has 2 aromatic heterocycles. The largest absolute Gasteiger partial charge is 0.389 e. The molecule has 1 saturated carbocycles. The Kier molecular flexibility index (Phi) is 5.79. The van der Waals surface area contributed by atoms with Crippen LogP contribution in [0.25, 0.3) is 16.9 Å². The molecule has 1 aromatic carbocycles. The zero-order valence-electron chi connectivity index (χ0n) is 18.4. The molecule has 1 atom stereocenters. The second kappa shape index (κ2) is 8.24. The lowest BCUT2D eigenvalue weighted by molar-refractivity contribution is 0.0918. The summed E-state index contributed by atoms with van der Waals surface area (Å²) in [5.41, 5.74) is 3.88. The summed E-state index contributed by atoms with van der Waals surface area (Å²) in [6.07, 6.45) is 5.24. The SMILES string of the molecule is Cc1cc(-c2cnc3c(NCC(C)(C)O)cc(Cl)nn23)ccc1C(=O)C(C)CC1CC1. The molecule has 6 nitrogen and oxygen atoms in total. The van der Waals surface area contributed by atoms with Gasteiger partial charge in [-0.1, -0.05) is 43.5 Å². The number of Topliss-reactive ketones (excluding diaryl/α,β-unsaturated/α-hetero) is 1. The summed E-state index contributed by atoms with van der Waals surface area (Å²) in [6.45, 7) is 7.82. The number of aromatic nitrogens is 3. The van der Waals surface area contributed by atoms with Gasteiger partial charge in [0.2, 0.25) is 0 Å². The number of carbonyl (C=O) groups is 1. The van der Waals surface area contributed by atoms with E-state index in [1.807, 2.05) is 32.0 Å². The van der Waals surface area contributed by atoms with E-state index in [2.05, 4.69) is 15.4 Å². The first-order valence-corrected chi connectivity index (χ1v) is 11.2. The fourth-order valence-electron chi connectivity index (χ4n) is 3.90. The Morgan fingerprint density at radius 3 is 2.74 bits per heavy atom. The highest BCUT2D eigenvalue weighted by Crippen LogP contribution is 2.36. The van der Waals surface area contributed by atoms with Crippen molar-refractivity contribution >= 4 is 28.7 Å². The van der Waals surface area contributed by atoms with Crippen LogP contribution in [-0.2, 0) is 0 Å². The fraction of sp³-hybridized carbons (Fsp3) is 0.458. The standard InChI is InChI=1S/C24H29ClN4O2/c1-14-10-17(7-8-18(14)22(30)15(2)9-16-5-6-16)20-12-26-23-19(27-13-24(3,4)31)11-21(25)28-29(20)23/h7-8,10-12,15-16,27,31H,5-6,9,13H2,1-4H3. The Morgan fingerprint density at radius 1 is 1.35 bits per heavy atom. The average molecular weight is 441 g/mol. The van der Waals surface area contributed by atoms with Gasteiger partial charge in [0, 0.05) is 29.7 Å². The van der Waals surface area contributed by atoms with Gasteiger partial charge < -0.3 is 10.4 Å². The number of anilines is 1. The van der Waals surface area contributed by atoms with Crippen LogP contribution in [0.15, 0.2) is 30.5 Å². The molecule has 164 valence electrons. The van der Waals surface area contributed by atoms with Crippen molar-refractivity contribution < 1.29 is 9.90 Å². The number of imidazole rings is 1. The highest BCUT2D eigenvalue weighted by molar-refractivity contribution is 6.29. The predicted octanol–water partition coefficient (Wildman–Crippen LogP) is 5.16. The molecule has 1 fully saturated rings. The first kappa shape index (κ1) is 21.8. The average Bonchev–Trinajstić information content (AvgIpc) is 3.41. The van der Waals surface area contributed by atoms with Crippen molar-refractivity contribution in [1.82, 2.24) is 14.6 Å². The van der Waals surface area contributed by atoms with Crippen molar-refractivity contribution in [3.05, 3.63) is 46.7 Å². The fourth-order valence-corrected chi connectivity index (χ4v) is 4.09. The van der Waals surface area contributed by atoms with E-state index in [0.29, 0.717) is 23.0 Å². The van der Waals surface area contributed by atoms with Gasteiger partial charge in [0.25, 0.3) is 0 Å². The number of hydrogen-bond donors (Lipinski definition) is 2. The minimum atomic E-state index is -0.877. The lowest BCUT2D eigenvalue weighted by Crippen LogP contribution is -2.29. The highest BCUT2D eigenvalue weighted by Gasteiger charge is 2.27. The van der Waals surface area contributed by atoms with Gasteiger partial charge in [-0.05, 0) is 44.7 Å². The van der Waals surface area contributed by atoms with Crippen molar-refractivity contribution in [2.75, 3.05) is 11.9 Å². The summed E-state index contributed by atoms with van der Waals surface area (Å²) in [6, 6.07) is 7.56. The topological polar surface area (TPSA) is 79.5 Å². The number of fused-ring (bicyclic) bond motifs is 1. The van der Waals surface area contributed by atoms with E-state index in [1.54, 1.807) is 30.6 Å². The van der Waals surface area contributed by atoms with Crippen LogP contribution in [0.4, 0.5) is 5.69 Å². The van der Waals surface area contributed by atoms with E-state index in [9.17, 15) is 9.90 Å². The van der Waals surface area contributed by atoms with Crippen LogP contribution in [0.2, 0.25) is 5.15 Å².